The van der Waals surface area contributed by atoms with Crippen molar-refractivity contribution in [2.24, 2.45) is 11.1 Å². The number of hydrogen-bond donors (Lipinski definition) is 2. The molecule has 0 aliphatic heterocycles. The first-order valence-corrected chi connectivity index (χ1v) is 6.93. The minimum atomic E-state index is -0.733. The highest BCUT2D eigenvalue weighted by Crippen LogP contribution is 2.36. The highest BCUT2D eigenvalue weighted by molar-refractivity contribution is 7.80. The predicted molar refractivity (Wildman–Crippen MR) is 77.6 cm³/mol. The molecule has 1 heterocycles. The first-order valence-electron chi connectivity index (χ1n) is 6.52. The first-order chi connectivity index (χ1) is 9.15. The Morgan fingerprint density at radius 1 is 1.26 bits per heavy atom. The molecule has 1 fully saturated rings. The molecule has 5 nitrogen and oxygen atoms in total. The van der Waals surface area contributed by atoms with Crippen LogP contribution >= 0.6 is 12.2 Å². The number of nitrogens with one attached hydrogen (secondary N) is 1. The highest BCUT2D eigenvalue weighted by Gasteiger charge is 2.41. The van der Waals surface area contributed by atoms with Crippen LogP contribution in [0.15, 0.2) is 18.6 Å². The van der Waals surface area contributed by atoms with Crippen molar-refractivity contribution in [3.8, 4) is 0 Å². The van der Waals surface area contributed by atoms with Crippen LogP contribution in [0, 0.1) is 5.41 Å². The average Bonchev–Trinajstić information content (AvgIpc) is 2.66. The Hall–Kier alpha value is -1.56. The van der Waals surface area contributed by atoms with Crippen molar-refractivity contribution in [2.45, 2.75) is 38.5 Å². The Morgan fingerprint density at radius 3 is 2.47 bits per heavy atom. The second kappa shape index (κ2) is 6.06. The van der Waals surface area contributed by atoms with E-state index in [4.69, 9.17) is 18.0 Å². The van der Waals surface area contributed by atoms with Crippen LogP contribution in [0.25, 0.3) is 0 Å². The monoisotopic (exact) mass is 278 g/mol. The number of amides is 1. The van der Waals surface area contributed by atoms with E-state index >= 15 is 0 Å². The van der Waals surface area contributed by atoms with Gasteiger partial charge < -0.3 is 11.1 Å². The van der Waals surface area contributed by atoms with Gasteiger partial charge in [0.25, 0.3) is 0 Å². The van der Waals surface area contributed by atoms with Gasteiger partial charge in [0.1, 0.15) is 0 Å². The van der Waals surface area contributed by atoms with Crippen LogP contribution in [0.1, 0.15) is 38.5 Å². The lowest BCUT2D eigenvalue weighted by atomic mass is 9.79. The Morgan fingerprint density at radius 2 is 1.95 bits per heavy atom. The van der Waals surface area contributed by atoms with Crippen LogP contribution in [-0.4, -0.2) is 20.9 Å². The average molecular weight is 278 g/mol. The summed E-state index contributed by atoms with van der Waals surface area (Å²) in [5, 5.41) is 2.78. The summed E-state index contributed by atoms with van der Waals surface area (Å²) < 4.78 is 0. The van der Waals surface area contributed by atoms with Crippen molar-refractivity contribution in [3.63, 3.8) is 0 Å². The van der Waals surface area contributed by atoms with Gasteiger partial charge in [-0.05, 0) is 12.8 Å². The Bertz CT molecular complexity index is 455. The van der Waals surface area contributed by atoms with E-state index in [2.05, 4.69) is 15.3 Å². The molecular weight excluding hydrogens is 260 g/mol. The molecular formula is C13H18N4OS. The molecule has 0 bridgehead atoms. The zero-order valence-electron chi connectivity index (χ0n) is 10.8. The molecule has 0 radical (unpaired) electrons. The van der Waals surface area contributed by atoms with E-state index in [9.17, 15) is 4.79 Å². The molecule has 2 rings (SSSR count). The lowest BCUT2D eigenvalue weighted by Gasteiger charge is -2.29. The molecule has 0 saturated heterocycles. The summed E-state index contributed by atoms with van der Waals surface area (Å²) >= 11 is 5.16. The number of nitrogens with zero attached hydrogens (tertiary/aromatic N) is 2. The van der Waals surface area contributed by atoms with Crippen LogP contribution in [0.4, 0.5) is 5.82 Å². The molecule has 0 spiro atoms. The van der Waals surface area contributed by atoms with Crippen molar-refractivity contribution in [1.29, 1.82) is 0 Å². The third-order valence-electron chi connectivity index (χ3n) is 3.67. The van der Waals surface area contributed by atoms with Gasteiger partial charge in [0.2, 0.25) is 5.91 Å². The Kier molecular flexibility index (Phi) is 4.42. The maximum absolute atomic E-state index is 12.5. The largest absolute Gasteiger partial charge is 0.392 e. The molecule has 0 aromatic carbocycles. The molecule has 1 aliphatic rings. The summed E-state index contributed by atoms with van der Waals surface area (Å²) in [6, 6.07) is 0. The minimum Gasteiger partial charge on any atom is -0.392 e. The van der Waals surface area contributed by atoms with Crippen molar-refractivity contribution >= 4 is 28.9 Å². The number of thiocarbonyl (C=S) groups is 1. The lowest BCUT2D eigenvalue weighted by molar-refractivity contribution is -0.122. The van der Waals surface area contributed by atoms with Gasteiger partial charge in [-0.1, -0.05) is 37.9 Å². The van der Waals surface area contributed by atoms with Crippen LogP contribution in [0.3, 0.4) is 0 Å². The number of rotatable bonds is 3. The number of anilines is 1. The van der Waals surface area contributed by atoms with Crippen molar-refractivity contribution in [1.82, 2.24) is 9.97 Å². The molecule has 1 saturated carbocycles. The van der Waals surface area contributed by atoms with Gasteiger partial charge >= 0.3 is 0 Å². The topological polar surface area (TPSA) is 80.9 Å². The number of aromatic nitrogens is 2. The summed E-state index contributed by atoms with van der Waals surface area (Å²) in [5.41, 5.74) is 5.13. The number of nitrogens with two attached hydrogens (primary N) is 1. The first kappa shape index (κ1) is 13.9. The van der Waals surface area contributed by atoms with Crippen molar-refractivity contribution in [2.75, 3.05) is 5.32 Å². The number of hydrogen-bond acceptors (Lipinski definition) is 4. The summed E-state index contributed by atoms with van der Waals surface area (Å²) in [4.78, 5) is 20.8. The molecule has 102 valence electrons. The lowest BCUT2D eigenvalue weighted by Crippen LogP contribution is -2.45. The van der Waals surface area contributed by atoms with E-state index in [1.54, 1.807) is 6.20 Å². The molecule has 1 aromatic rings. The summed E-state index contributed by atoms with van der Waals surface area (Å²) in [7, 11) is 0. The van der Waals surface area contributed by atoms with Crippen molar-refractivity contribution < 1.29 is 4.79 Å². The van der Waals surface area contributed by atoms with E-state index in [1.807, 2.05) is 0 Å². The molecule has 0 unspecified atom stereocenters. The smallest absolute Gasteiger partial charge is 0.238 e. The molecule has 1 aliphatic carbocycles. The van der Waals surface area contributed by atoms with Crippen LogP contribution in [0.5, 0.6) is 0 Å². The molecule has 3 N–H and O–H groups in total. The van der Waals surface area contributed by atoms with Crippen LogP contribution in [0.2, 0.25) is 0 Å². The van der Waals surface area contributed by atoms with Gasteiger partial charge in [-0.2, -0.15) is 0 Å². The number of carbonyl (C=O) groups is 1. The minimum absolute atomic E-state index is 0.151. The maximum Gasteiger partial charge on any atom is 0.238 e. The van der Waals surface area contributed by atoms with Gasteiger partial charge in [0.15, 0.2) is 5.82 Å². The molecule has 1 amide bonds. The van der Waals surface area contributed by atoms with Gasteiger partial charge in [0, 0.05) is 12.4 Å². The third kappa shape index (κ3) is 3.07. The Balaban J connectivity index is 2.19. The normalized spacial score (nSPS) is 18.3. The second-order valence-corrected chi connectivity index (χ2v) is 5.35. The van der Waals surface area contributed by atoms with E-state index in [1.165, 1.54) is 12.4 Å². The van der Waals surface area contributed by atoms with Crippen LogP contribution in [-0.2, 0) is 4.79 Å². The van der Waals surface area contributed by atoms with E-state index < -0.39 is 5.41 Å². The predicted octanol–water partition coefficient (Wildman–Crippen LogP) is 2.04. The molecule has 1 aromatic heterocycles. The van der Waals surface area contributed by atoms with Crippen molar-refractivity contribution in [3.05, 3.63) is 18.6 Å². The van der Waals surface area contributed by atoms with Gasteiger partial charge in [-0.15, -0.1) is 0 Å². The fraction of sp³-hybridized carbons (Fsp3) is 0.538. The van der Waals surface area contributed by atoms with Crippen LogP contribution < -0.4 is 11.1 Å². The molecule has 19 heavy (non-hydrogen) atoms. The summed E-state index contributed by atoms with van der Waals surface area (Å²) in [6.45, 7) is 0. The number of carbonyl (C=O) groups excluding carboxylic acids is 1. The fourth-order valence-electron chi connectivity index (χ4n) is 2.52. The quantitative estimate of drug-likeness (QED) is 0.653. The summed E-state index contributed by atoms with van der Waals surface area (Å²) in [5.74, 6) is 0.287. The summed E-state index contributed by atoms with van der Waals surface area (Å²) in [6.07, 6.45) is 10.3. The highest BCUT2D eigenvalue weighted by atomic mass is 32.1. The van der Waals surface area contributed by atoms with Gasteiger partial charge in [-0.25, -0.2) is 4.98 Å². The standard InChI is InChI=1S/C13H18N4OS/c14-11(19)13(5-3-1-2-4-6-13)12(18)17-10-9-15-7-8-16-10/h7-9H,1-6H2,(H2,14,19)(H,16,17,18). The zero-order chi connectivity index (χ0) is 13.7. The fourth-order valence-corrected chi connectivity index (χ4v) is 2.81. The third-order valence-corrected chi connectivity index (χ3v) is 4.06. The molecule has 6 heteroatoms. The van der Waals surface area contributed by atoms with Gasteiger partial charge in [-0.3, -0.25) is 9.78 Å². The zero-order valence-corrected chi connectivity index (χ0v) is 11.6. The van der Waals surface area contributed by atoms with E-state index in [0.717, 1.165) is 25.7 Å². The Labute approximate surface area is 118 Å². The SMILES string of the molecule is NC(=S)C1(C(=O)Nc2cnccn2)CCCCCC1. The second-order valence-electron chi connectivity index (χ2n) is 4.91. The van der Waals surface area contributed by atoms with E-state index in [-0.39, 0.29) is 10.9 Å². The van der Waals surface area contributed by atoms with Gasteiger partial charge in [0.05, 0.1) is 16.6 Å². The maximum atomic E-state index is 12.5. The van der Waals surface area contributed by atoms with E-state index in [0.29, 0.717) is 18.7 Å². The molecule has 0 atom stereocenters.